The topological polar surface area (TPSA) is 34.1 Å². The molecule has 1 aromatic rings. The van der Waals surface area contributed by atoms with Crippen molar-refractivity contribution in [3.63, 3.8) is 0 Å². The van der Waals surface area contributed by atoms with Gasteiger partial charge in [-0.25, -0.2) is 0 Å². The first-order chi connectivity index (χ1) is 7.29. The molecule has 0 radical (unpaired) electrons. The number of carbonyl (C=O) groups excluding carboxylic acids is 1. The molecule has 0 spiro atoms. The van der Waals surface area contributed by atoms with E-state index in [1.807, 2.05) is 30.3 Å². The zero-order valence-corrected chi connectivity index (χ0v) is 9.33. The summed E-state index contributed by atoms with van der Waals surface area (Å²) in [6.07, 6.45) is 3.36. The average Bonchev–Trinajstić information content (AvgIpc) is 2.30. The van der Waals surface area contributed by atoms with E-state index < -0.39 is 10.8 Å². The number of ketones is 1. The summed E-state index contributed by atoms with van der Waals surface area (Å²) in [4.78, 5) is 12.4. The first kappa shape index (κ1) is 10.6. The van der Waals surface area contributed by atoms with E-state index in [0.29, 0.717) is 6.42 Å². The smallest absolute Gasteiger partial charge is 0.148 e. The van der Waals surface area contributed by atoms with Crippen LogP contribution in [0.2, 0.25) is 0 Å². The third kappa shape index (κ3) is 2.34. The Morgan fingerprint density at radius 2 is 1.87 bits per heavy atom. The fourth-order valence-corrected chi connectivity index (χ4v) is 3.39. The fourth-order valence-electron chi connectivity index (χ4n) is 1.90. The minimum absolute atomic E-state index is 0.170. The highest BCUT2D eigenvalue weighted by Gasteiger charge is 2.28. The molecule has 0 heterocycles. The van der Waals surface area contributed by atoms with Crippen LogP contribution in [-0.2, 0) is 15.6 Å². The van der Waals surface area contributed by atoms with Gasteiger partial charge < -0.3 is 0 Å². The predicted molar refractivity (Wildman–Crippen MR) is 60.1 cm³/mol. The minimum atomic E-state index is -1.15. The van der Waals surface area contributed by atoms with Crippen molar-refractivity contribution in [2.45, 2.75) is 35.8 Å². The maximum atomic E-state index is 12.1. The summed E-state index contributed by atoms with van der Waals surface area (Å²) in [6, 6.07) is 9.28. The van der Waals surface area contributed by atoms with Crippen molar-refractivity contribution in [3.05, 3.63) is 30.3 Å². The van der Waals surface area contributed by atoms with Gasteiger partial charge >= 0.3 is 0 Å². The number of hydrogen-bond donors (Lipinski definition) is 0. The summed E-state index contributed by atoms with van der Waals surface area (Å²) in [5.74, 6) is 0.170. The number of Topliss-reactive ketones (excluding diaryl/α,β-unsaturated/α-hetero) is 1. The van der Waals surface area contributed by atoms with Gasteiger partial charge in [-0.05, 0) is 25.0 Å². The SMILES string of the molecule is O=C1CCCCC1S(=O)c1ccccc1. The molecule has 1 aliphatic carbocycles. The van der Waals surface area contributed by atoms with Crippen LogP contribution in [-0.4, -0.2) is 15.2 Å². The molecule has 0 aliphatic heterocycles. The van der Waals surface area contributed by atoms with Crippen LogP contribution in [0, 0.1) is 0 Å². The molecule has 1 saturated carbocycles. The van der Waals surface area contributed by atoms with Crippen LogP contribution in [0.1, 0.15) is 25.7 Å². The minimum Gasteiger partial charge on any atom is -0.298 e. The van der Waals surface area contributed by atoms with Gasteiger partial charge in [-0.1, -0.05) is 24.6 Å². The Bertz CT molecular complexity index is 372. The molecule has 80 valence electrons. The Hall–Kier alpha value is -0.960. The molecule has 0 N–H and O–H groups in total. The maximum absolute atomic E-state index is 12.1. The zero-order chi connectivity index (χ0) is 10.7. The summed E-state index contributed by atoms with van der Waals surface area (Å²) < 4.78 is 12.1. The molecule has 1 fully saturated rings. The van der Waals surface area contributed by atoms with Gasteiger partial charge in [0, 0.05) is 11.3 Å². The van der Waals surface area contributed by atoms with Gasteiger partial charge in [0.1, 0.15) is 5.78 Å². The summed E-state index contributed by atoms with van der Waals surface area (Å²) in [7, 11) is -1.15. The second-order valence-electron chi connectivity index (χ2n) is 3.81. The molecule has 1 aliphatic rings. The van der Waals surface area contributed by atoms with Gasteiger partial charge in [0.15, 0.2) is 0 Å². The number of hydrogen-bond acceptors (Lipinski definition) is 2. The molecule has 3 heteroatoms. The third-order valence-corrected chi connectivity index (χ3v) is 4.48. The molecule has 2 unspecified atom stereocenters. The van der Waals surface area contributed by atoms with E-state index in [4.69, 9.17) is 0 Å². The van der Waals surface area contributed by atoms with Gasteiger partial charge in [-0.2, -0.15) is 0 Å². The van der Waals surface area contributed by atoms with Crippen molar-refractivity contribution in [1.29, 1.82) is 0 Å². The van der Waals surface area contributed by atoms with Crippen LogP contribution in [0.3, 0.4) is 0 Å². The second kappa shape index (κ2) is 4.71. The van der Waals surface area contributed by atoms with Crippen molar-refractivity contribution >= 4 is 16.6 Å². The van der Waals surface area contributed by atoms with Gasteiger partial charge in [0.2, 0.25) is 0 Å². The van der Waals surface area contributed by atoms with E-state index in [1.54, 1.807) is 0 Å². The van der Waals surface area contributed by atoms with E-state index in [1.165, 1.54) is 0 Å². The molecule has 15 heavy (non-hydrogen) atoms. The van der Waals surface area contributed by atoms with Gasteiger partial charge in [-0.15, -0.1) is 0 Å². The third-order valence-electron chi connectivity index (χ3n) is 2.73. The molecule has 1 aromatic carbocycles. The Labute approximate surface area is 92.2 Å². The van der Waals surface area contributed by atoms with Crippen molar-refractivity contribution in [1.82, 2.24) is 0 Å². The van der Waals surface area contributed by atoms with E-state index in [2.05, 4.69) is 0 Å². The van der Waals surface area contributed by atoms with Crippen LogP contribution in [0.4, 0.5) is 0 Å². The lowest BCUT2D eigenvalue weighted by Crippen LogP contribution is -2.29. The van der Waals surface area contributed by atoms with Crippen LogP contribution in [0.5, 0.6) is 0 Å². The molecule has 2 rings (SSSR count). The lowest BCUT2D eigenvalue weighted by atomic mass is 9.99. The van der Waals surface area contributed by atoms with Crippen LogP contribution in [0.15, 0.2) is 35.2 Å². The van der Waals surface area contributed by atoms with Crippen LogP contribution in [0.25, 0.3) is 0 Å². The summed E-state index contributed by atoms with van der Waals surface area (Å²) in [5.41, 5.74) is 0. The Morgan fingerprint density at radius 3 is 2.53 bits per heavy atom. The first-order valence-electron chi connectivity index (χ1n) is 5.27. The number of benzene rings is 1. The van der Waals surface area contributed by atoms with Crippen molar-refractivity contribution in [2.75, 3.05) is 0 Å². The number of rotatable bonds is 2. The lowest BCUT2D eigenvalue weighted by molar-refractivity contribution is -0.119. The van der Waals surface area contributed by atoms with E-state index >= 15 is 0 Å². The van der Waals surface area contributed by atoms with Crippen LogP contribution < -0.4 is 0 Å². The van der Waals surface area contributed by atoms with Crippen molar-refractivity contribution in [2.24, 2.45) is 0 Å². The first-order valence-corrected chi connectivity index (χ1v) is 6.48. The zero-order valence-electron chi connectivity index (χ0n) is 8.52. The maximum Gasteiger partial charge on any atom is 0.148 e. The standard InChI is InChI=1S/C12H14O2S/c13-11-8-4-5-9-12(11)15(14)10-6-2-1-3-7-10/h1-3,6-7,12H,4-5,8-9H2. The molecular formula is C12H14O2S. The van der Waals surface area contributed by atoms with Gasteiger partial charge in [0.05, 0.1) is 16.0 Å². The van der Waals surface area contributed by atoms with Crippen LogP contribution >= 0.6 is 0 Å². The largest absolute Gasteiger partial charge is 0.298 e. The Kier molecular flexibility index (Phi) is 3.31. The normalized spacial score (nSPS) is 23.7. The highest BCUT2D eigenvalue weighted by Crippen LogP contribution is 2.23. The summed E-state index contributed by atoms with van der Waals surface area (Å²) in [5, 5.41) is -0.263. The Morgan fingerprint density at radius 1 is 1.13 bits per heavy atom. The fraction of sp³-hybridized carbons (Fsp3) is 0.417. The van der Waals surface area contributed by atoms with E-state index in [-0.39, 0.29) is 11.0 Å². The molecule has 0 saturated heterocycles. The van der Waals surface area contributed by atoms with Gasteiger partial charge in [0.25, 0.3) is 0 Å². The average molecular weight is 222 g/mol. The lowest BCUT2D eigenvalue weighted by Gasteiger charge is -2.19. The highest BCUT2D eigenvalue weighted by molar-refractivity contribution is 7.86. The second-order valence-corrected chi connectivity index (χ2v) is 5.45. The molecule has 2 nitrogen and oxygen atoms in total. The van der Waals surface area contributed by atoms with Crippen molar-refractivity contribution < 1.29 is 9.00 Å². The molecule has 0 bridgehead atoms. The van der Waals surface area contributed by atoms with E-state index in [9.17, 15) is 9.00 Å². The van der Waals surface area contributed by atoms with Gasteiger partial charge in [-0.3, -0.25) is 9.00 Å². The quantitative estimate of drug-likeness (QED) is 0.769. The Balaban J connectivity index is 2.17. The molecular weight excluding hydrogens is 208 g/mol. The van der Waals surface area contributed by atoms with E-state index in [0.717, 1.165) is 24.2 Å². The molecule has 2 atom stereocenters. The number of carbonyl (C=O) groups is 1. The monoisotopic (exact) mass is 222 g/mol. The summed E-state index contributed by atoms with van der Waals surface area (Å²) in [6.45, 7) is 0. The predicted octanol–water partition coefficient (Wildman–Crippen LogP) is 2.31. The highest BCUT2D eigenvalue weighted by atomic mass is 32.2. The molecule has 0 aromatic heterocycles. The summed E-state index contributed by atoms with van der Waals surface area (Å²) >= 11 is 0. The van der Waals surface area contributed by atoms with Crippen molar-refractivity contribution in [3.8, 4) is 0 Å². The molecule has 0 amide bonds.